The van der Waals surface area contributed by atoms with Gasteiger partial charge >= 0.3 is 0 Å². The molecule has 0 radical (unpaired) electrons. The van der Waals surface area contributed by atoms with Gasteiger partial charge in [0.15, 0.2) is 5.82 Å². The molecule has 3 rings (SSSR count). The molecule has 0 bridgehead atoms. The lowest BCUT2D eigenvalue weighted by Crippen LogP contribution is -2.26. The van der Waals surface area contributed by atoms with E-state index >= 15 is 0 Å². The molecule has 1 saturated heterocycles. The van der Waals surface area contributed by atoms with Crippen molar-refractivity contribution in [3.8, 4) is 0 Å². The van der Waals surface area contributed by atoms with Gasteiger partial charge in [0.2, 0.25) is 0 Å². The van der Waals surface area contributed by atoms with E-state index in [4.69, 9.17) is 0 Å². The quantitative estimate of drug-likeness (QED) is 0.567. The van der Waals surface area contributed by atoms with Crippen LogP contribution in [0.25, 0.3) is 0 Å². The maximum Gasteiger partial charge on any atom is 0.293 e. The Hall–Kier alpha value is -1.96. The number of rotatable bonds is 5. The van der Waals surface area contributed by atoms with Crippen LogP contribution in [0.2, 0.25) is 0 Å². The fourth-order valence-corrected chi connectivity index (χ4v) is 3.61. The van der Waals surface area contributed by atoms with Crippen LogP contribution < -0.4 is 4.90 Å². The van der Waals surface area contributed by atoms with Crippen LogP contribution in [0.1, 0.15) is 38.6 Å². The third kappa shape index (κ3) is 3.28. The van der Waals surface area contributed by atoms with Crippen molar-refractivity contribution in [2.75, 3.05) is 11.4 Å². The minimum atomic E-state index is -0.325. The Kier molecular flexibility index (Phi) is 4.84. The van der Waals surface area contributed by atoms with E-state index in [0.717, 1.165) is 31.8 Å². The number of nitro groups is 1. The molecule has 2 aromatic rings. The summed E-state index contributed by atoms with van der Waals surface area (Å²) in [4.78, 5) is 13.2. The first kappa shape index (κ1) is 16.9. The van der Waals surface area contributed by atoms with E-state index in [1.807, 2.05) is 12.1 Å². The number of benzene rings is 1. The molecule has 1 unspecified atom stereocenters. The Morgan fingerprint density at radius 2 is 2.25 bits per heavy atom. The van der Waals surface area contributed by atoms with Crippen LogP contribution in [0.4, 0.5) is 11.4 Å². The average Bonchev–Trinajstić information content (AvgIpc) is 3.15. The summed E-state index contributed by atoms with van der Waals surface area (Å²) in [6.45, 7) is 5.92. The lowest BCUT2D eigenvalue weighted by Gasteiger charge is -2.26. The Morgan fingerprint density at radius 3 is 2.96 bits per heavy atom. The van der Waals surface area contributed by atoms with Gasteiger partial charge in [0.25, 0.3) is 5.69 Å². The summed E-state index contributed by atoms with van der Waals surface area (Å²) in [7, 11) is 0. The smallest absolute Gasteiger partial charge is 0.293 e. The molecule has 128 valence electrons. The predicted molar refractivity (Wildman–Crippen MR) is 95.0 cm³/mol. The number of aromatic nitrogens is 3. The standard InChI is InChI=1S/C16H20BrN5O2/c1-11(2)9-20-10-18-19-16(20)14-4-3-7-21(14)13-6-5-12(17)8-15(13)22(23)24/h5-6,8,10-11,14H,3-4,7,9H2,1-2H3. The molecule has 1 fully saturated rings. The van der Waals surface area contributed by atoms with Crippen molar-refractivity contribution in [2.24, 2.45) is 5.92 Å². The summed E-state index contributed by atoms with van der Waals surface area (Å²) >= 11 is 3.32. The monoisotopic (exact) mass is 393 g/mol. The van der Waals surface area contributed by atoms with Gasteiger partial charge in [-0.3, -0.25) is 10.1 Å². The molecule has 0 amide bonds. The summed E-state index contributed by atoms with van der Waals surface area (Å²) in [5.74, 6) is 1.37. The third-order valence-electron chi connectivity index (χ3n) is 4.20. The highest BCUT2D eigenvalue weighted by Crippen LogP contribution is 2.40. The van der Waals surface area contributed by atoms with Crippen molar-refractivity contribution in [1.82, 2.24) is 14.8 Å². The van der Waals surface area contributed by atoms with Gasteiger partial charge in [-0.2, -0.15) is 0 Å². The highest BCUT2D eigenvalue weighted by atomic mass is 79.9. The molecule has 24 heavy (non-hydrogen) atoms. The minimum absolute atomic E-state index is 0.0196. The largest absolute Gasteiger partial charge is 0.356 e. The number of hydrogen-bond donors (Lipinski definition) is 0. The highest BCUT2D eigenvalue weighted by molar-refractivity contribution is 9.10. The van der Waals surface area contributed by atoms with Gasteiger partial charge in [-0.25, -0.2) is 0 Å². The molecule has 0 spiro atoms. The van der Waals surface area contributed by atoms with Gasteiger partial charge in [-0.15, -0.1) is 10.2 Å². The lowest BCUT2D eigenvalue weighted by atomic mass is 10.1. The Labute approximate surface area is 149 Å². The summed E-state index contributed by atoms with van der Waals surface area (Å²) in [6, 6.07) is 5.23. The van der Waals surface area contributed by atoms with Gasteiger partial charge in [-0.05, 0) is 30.9 Å². The van der Waals surface area contributed by atoms with E-state index in [-0.39, 0.29) is 16.7 Å². The van der Waals surface area contributed by atoms with Gasteiger partial charge in [0.05, 0.1) is 11.0 Å². The number of anilines is 1. The molecule has 0 saturated carbocycles. The molecule has 0 N–H and O–H groups in total. The van der Waals surface area contributed by atoms with Crippen LogP contribution in [-0.4, -0.2) is 26.2 Å². The van der Waals surface area contributed by atoms with Crippen molar-refractivity contribution in [3.63, 3.8) is 0 Å². The van der Waals surface area contributed by atoms with Crippen molar-refractivity contribution < 1.29 is 4.92 Å². The zero-order valence-electron chi connectivity index (χ0n) is 13.7. The molecule has 1 aliphatic heterocycles. The SMILES string of the molecule is CC(C)Cn1cnnc1C1CCCN1c1ccc(Br)cc1[N+](=O)[O-]. The van der Waals surface area contributed by atoms with Gasteiger partial charge in [-0.1, -0.05) is 29.8 Å². The molecule has 0 aliphatic carbocycles. The lowest BCUT2D eigenvalue weighted by molar-refractivity contribution is -0.384. The summed E-state index contributed by atoms with van der Waals surface area (Å²) in [5, 5.41) is 19.8. The van der Waals surface area contributed by atoms with Gasteiger partial charge < -0.3 is 9.47 Å². The second-order valence-electron chi connectivity index (χ2n) is 6.48. The molecule has 2 heterocycles. The first-order chi connectivity index (χ1) is 11.5. The predicted octanol–water partition coefficient (Wildman–Crippen LogP) is 3.95. The van der Waals surface area contributed by atoms with Crippen molar-refractivity contribution in [1.29, 1.82) is 0 Å². The van der Waals surface area contributed by atoms with E-state index in [9.17, 15) is 10.1 Å². The van der Waals surface area contributed by atoms with Crippen molar-refractivity contribution in [2.45, 2.75) is 39.3 Å². The van der Waals surface area contributed by atoms with E-state index in [1.165, 1.54) is 0 Å². The van der Waals surface area contributed by atoms with E-state index in [1.54, 1.807) is 12.4 Å². The molecular weight excluding hydrogens is 374 g/mol. The number of nitro benzene ring substituents is 1. The van der Waals surface area contributed by atoms with Gasteiger partial charge in [0, 0.05) is 23.6 Å². The second kappa shape index (κ2) is 6.88. The Balaban J connectivity index is 1.98. The first-order valence-corrected chi connectivity index (χ1v) is 8.85. The third-order valence-corrected chi connectivity index (χ3v) is 4.70. The van der Waals surface area contributed by atoms with E-state index in [2.05, 4.69) is 49.4 Å². The molecular formula is C16H20BrN5O2. The first-order valence-electron chi connectivity index (χ1n) is 8.05. The zero-order valence-corrected chi connectivity index (χ0v) is 15.3. The second-order valence-corrected chi connectivity index (χ2v) is 7.39. The number of halogens is 1. The molecule has 1 aliphatic rings. The van der Waals surface area contributed by atoms with E-state index in [0.29, 0.717) is 16.1 Å². The number of hydrogen-bond acceptors (Lipinski definition) is 5. The molecule has 1 atom stereocenters. The fraction of sp³-hybridized carbons (Fsp3) is 0.500. The van der Waals surface area contributed by atoms with Crippen LogP contribution in [0.3, 0.4) is 0 Å². The average molecular weight is 394 g/mol. The summed E-state index contributed by atoms with van der Waals surface area (Å²) in [5.41, 5.74) is 0.760. The topological polar surface area (TPSA) is 77.1 Å². The fourth-order valence-electron chi connectivity index (χ4n) is 3.27. The highest BCUT2D eigenvalue weighted by Gasteiger charge is 2.33. The van der Waals surface area contributed by atoms with Crippen molar-refractivity contribution in [3.05, 3.63) is 44.9 Å². The maximum absolute atomic E-state index is 11.5. The Morgan fingerprint density at radius 1 is 1.46 bits per heavy atom. The molecule has 8 heteroatoms. The van der Waals surface area contributed by atoms with Crippen LogP contribution in [0, 0.1) is 16.0 Å². The van der Waals surface area contributed by atoms with Crippen LogP contribution in [0.15, 0.2) is 29.0 Å². The summed E-state index contributed by atoms with van der Waals surface area (Å²) < 4.78 is 2.77. The van der Waals surface area contributed by atoms with Crippen LogP contribution in [-0.2, 0) is 6.54 Å². The zero-order chi connectivity index (χ0) is 17.3. The van der Waals surface area contributed by atoms with Crippen LogP contribution >= 0.6 is 15.9 Å². The molecule has 1 aromatic carbocycles. The van der Waals surface area contributed by atoms with E-state index < -0.39 is 0 Å². The Bertz CT molecular complexity index is 746. The minimum Gasteiger partial charge on any atom is -0.356 e. The van der Waals surface area contributed by atoms with Gasteiger partial charge in [0.1, 0.15) is 12.0 Å². The molecule has 7 nitrogen and oxygen atoms in total. The van der Waals surface area contributed by atoms with Crippen LogP contribution in [0.5, 0.6) is 0 Å². The van der Waals surface area contributed by atoms with Crippen molar-refractivity contribution >= 4 is 27.3 Å². The maximum atomic E-state index is 11.5. The molecule has 1 aromatic heterocycles. The summed E-state index contributed by atoms with van der Waals surface area (Å²) in [6.07, 6.45) is 3.65. The number of nitrogens with zero attached hydrogens (tertiary/aromatic N) is 5. The normalized spacial score (nSPS) is 17.7.